The second-order valence-electron chi connectivity index (χ2n) is 9.25. The van der Waals surface area contributed by atoms with E-state index >= 15 is 0 Å². The number of hydrogen-bond acceptors (Lipinski definition) is 5. The van der Waals surface area contributed by atoms with Gasteiger partial charge < -0.3 is 20.3 Å². The van der Waals surface area contributed by atoms with Crippen molar-refractivity contribution in [2.45, 2.75) is 50.0 Å². The molecule has 0 spiro atoms. The molecule has 1 aromatic carbocycles. The molecule has 0 bridgehead atoms. The molecule has 1 aromatic heterocycles. The van der Waals surface area contributed by atoms with E-state index in [2.05, 4.69) is 41.6 Å². The standard InChI is InChI=1S/C24H27F3N4O3/c1-23(2)16-7-5-4-6-14(16)10-19(23)30-15-8-9-17(28-11-15)21(24(25,26)27)31(3)22(33)18-12-29-20(32)13-34-18/h4-9,11,18-19,21,30H,10,12-13H2,1-3H3,(H,29,32)/t18?,19?,21-/m0/s1. The Morgan fingerprint density at radius 2 is 2.00 bits per heavy atom. The lowest BCUT2D eigenvalue weighted by Crippen LogP contribution is -2.52. The number of nitrogens with one attached hydrogen (secondary N) is 2. The van der Waals surface area contributed by atoms with Crippen LogP contribution in [0.25, 0.3) is 0 Å². The summed E-state index contributed by atoms with van der Waals surface area (Å²) in [7, 11) is 1.06. The predicted molar refractivity (Wildman–Crippen MR) is 119 cm³/mol. The van der Waals surface area contributed by atoms with Gasteiger partial charge >= 0.3 is 6.18 Å². The van der Waals surface area contributed by atoms with Crippen molar-refractivity contribution in [2.75, 3.05) is 25.5 Å². The molecule has 3 atom stereocenters. The second kappa shape index (κ2) is 8.90. The van der Waals surface area contributed by atoms with Crippen LogP contribution >= 0.6 is 0 Å². The highest BCUT2D eigenvalue weighted by atomic mass is 19.4. The minimum Gasteiger partial charge on any atom is -0.380 e. The van der Waals surface area contributed by atoms with E-state index in [4.69, 9.17) is 4.74 Å². The van der Waals surface area contributed by atoms with Crippen LogP contribution in [0, 0.1) is 0 Å². The highest BCUT2D eigenvalue weighted by Gasteiger charge is 2.47. The summed E-state index contributed by atoms with van der Waals surface area (Å²) in [5.74, 6) is -1.30. The maximum absolute atomic E-state index is 14.0. The molecule has 2 unspecified atom stereocenters. The van der Waals surface area contributed by atoms with Crippen molar-refractivity contribution >= 4 is 17.5 Å². The van der Waals surface area contributed by atoms with Crippen LogP contribution in [0.15, 0.2) is 42.6 Å². The first kappa shape index (κ1) is 24.0. The van der Waals surface area contributed by atoms with E-state index < -0.39 is 30.1 Å². The van der Waals surface area contributed by atoms with Crippen molar-refractivity contribution in [1.82, 2.24) is 15.2 Å². The van der Waals surface area contributed by atoms with Gasteiger partial charge in [-0.3, -0.25) is 14.6 Å². The first-order chi connectivity index (χ1) is 16.0. The maximum atomic E-state index is 14.0. The molecule has 2 amide bonds. The highest BCUT2D eigenvalue weighted by molar-refractivity contribution is 5.85. The summed E-state index contributed by atoms with van der Waals surface area (Å²) < 4.78 is 47.0. The van der Waals surface area contributed by atoms with E-state index in [0.717, 1.165) is 13.5 Å². The fourth-order valence-electron chi connectivity index (χ4n) is 4.67. The molecule has 1 fully saturated rings. The Balaban J connectivity index is 1.50. The summed E-state index contributed by atoms with van der Waals surface area (Å²) in [6, 6.07) is 8.82. The van der Waals surface area contributed by atoms with Gasteiger partial charge in [0.15, 0.2) is 12.1 Å². The third kappa shape index (κ3) is 4.59. The van der Waals surface area contributed by atoms with Crippen LogP contribution in [0.3, 0.4) is 0 Å². The number of alkyl halides is 3. The molecule has 34 heavy (non-hydrogen) atoms. The van der Waals surface area contributed by atoms with Gasteiger partial charge in [-0.15, -0.1) is 0 Å². The summed E-state index contributed by atoms with van der Waals surface area (Å²) >= 11 is 0. The first-order valence-corrected chi connectivity index (χ1v) is 11.0. The van der Waals surface area contributed by atoms with Gasteiger partial charge in [-0.1, -0.05) is 38.1 Å². The Morgan fingerprint density at radius 1 is 1.26 bits per heavy atom. The molecule has 0 radical (unpaired) electrons. The number of rotatable bonds is 5. The lowest BCUT2D eigenvalue weighted by molar-refractivity contribution is -0.194. The number of carbonyl (C=O) groups excluding carboxylic acids is 2. The molecular formula is C24H27F3N4O3. The number of benzene rings is 1. The Labute approximate surface area is 195 Å². The average Bonchev–Trinajstić information content (AvgIpc) is 3.04. The Kier molecular flexibility index (Phi) is 6.28. The highest BCUT2D eigenvalue weighted by Crippen LogP contribution is 2.40. The lowest BCUT2D eigenvalue weighted by atomic mass is 9.83. The largest absolute Gasteiger partial charge is 0.414 e. The lowest BCUT2D eigenvalue weighted by Gasteiger charge is -2.33. The van der Waals surface area contributed by atoms with Crippen LogP contribution in [0.4, 0.5) is 18.9 Å². The Bertz CT molecular complexity index is 1060. The summed E-state index contributed by atoms with van der Waals surface area (Å²) in [5, 5.41) is 5.83. The average molecular weight is 476 g/mol. The smallest absolute Gasteiger partial charge is 0.380 e. The Hall–Kier alpha value is -3.14. The minimum atomic E-state index is -4.75. The van der Waals surface area contributed by atoms with E-state index in [0.29, 0.717) is 10.6 Å². The number of pyridine rings is 1. The fourth-order valence-corrected chi connectivity index (χ4v) is 4.67. The predicted octanol–water partition coefficient (Wildman–Crippen LogP) is 2.97. The first-order valence-electron chi connectivity index (χ1n) is 11.0. The molecule has 7 nitrogen and oxygen atoms in total. The van der Waals surface area contributed by atoms with Crippen molar-refractivity contribution in [1.29, 1.82) is 0 Å². The third-order valence-electron chi connectivity index (χ3n) is 6.63. The van der Waals surface area contributed by atoms with Gasteiger partial charge in [0.25, 0.3) is 5.91 Å². The Morgan fingerprint density at radius 3 is 2.59 bits per heavy atom. The summed E-state index contributed by atoms with van der Waals surface area (Å²) in [4.78, 5) is 28.5. The van der Waals surface area contributed by atoms with Crippen molar-refractivity contribution in [2.24, 2.45) is 0 Å². The number of ether oxygens (including phenoxy) is 1. The van der Waals surface area contributed by atoms with E-state index in [1.165, 1.54) is 23.4 Å². The van der Waals surface area contributed by atoms with Gasteiger partial charge in [0, 0.05) is 18.5 Å². The van der Waals surface area contributed by atoms with Crippen LogP contribution in [-0.4, -0.2) is 60.2 Å². The van der Waals surface area contributed by atoms with E-state index in [1.54, 1.807) is 6.07 Å². The summed E-state index contributed by atoms with van der Waals surface area (Å²) in [6.45, 7) is 3.71. The third-order valence-corrected chi connectivity index (χ3v) is 6.63. The second-order valence-corrected chi connectivity index (χ2v) is 9.25. The van der Waals surface area contributed by atoms with Crippen molar-refractivity contribution < 1.29 is 27.5 Å². The van der Waals surface area contributed by atoms with E-state index in [1.807, 2.05) is 12.1 Å². The molecule has 0 saturated carbocycles. The van der Waals surface area contributed by atoms with Crippen molar-refractivity contribution in [3.63, 3.8) is 0 Å². The number of amides is 2. The zero-order valence-electron chi connectivity index (χ0n) is 19.1. The molecule has 1 saturated heterocycles. The van der Waals surface area contributed by atoms with Crippen molar-refractivity contribution in [3.05, 3.63) is 59.4 Å². The molecule has 2 aliphatic rings. The normalized spacial score (nSPS) is 22.5. The SMILES string of the molecule is CN(C(=O)C1CNC(=O)CO1)[C@@H](c1ccc(NC2Cc3ccccc3C2(C)C)cn1)C(F)(F)F. The number of carbonyl (C=O) groups is 2. The molecular weight excluding hydrogens is 449 g/mol. The zero-order valence-corrected chi connectivity index (χ0v) is 19.1. The number of morpholine rings is 1. The van der Waals surface area contributed by atoms with E-state index in [-0.39, 0.29) is 30.3 Å². The number of hydrogen-bond donors (Lipinski definition) is 2. The van der Waals surface area contributed by atoms with Gasteiger partial charge in [0.1, 0.15) is 6.61 Å². The molecule has 4 rings (SSSR count). The van der Waals surface area contributed by atoms with E-state index in [9.17, 15) is 22.8 Å². The van der Waals surface area contributed by atoms with Gasteiger partial charge in [-0.2, -0.15) is 13.2 Å². The van der Waals surface area contributed by atoms with Crippen LogP contribution < -0.4 is 10.6 Å². The monoisotopic (exact) mass is 476 g/mol. The number of nitrogens with zero attached hydrogens (tertiary/aromatic N) is 2. The van der Waals surface area contributed by atoms with Crippen LogP contribution in [0.1, 0.15) is 36.7 Å². The molecule has 2 N–H and O–H groups in total. The summed E-state index contributed by atoms with van der Waals surface area (Å²) in [5.41, 5.74) is 2.63. The quantitative estimate of drug-likeness (QED) is 0.694. The molecule has 1 aliphatic carbocycles. The molecule has 10 heteroatoms. The number of fused-ring (bicyclic) bond motifs is 1. The van der Waals surface area contributed by atoms with Gasteiger partial charge in [0.2, 0.25) is 5.91 Å². The van der Waals surface area contributed by atoms with Gasteiger partial charge in [0.05, 0.1) is 24.1 Å². The number of anilines is 1. The molecule has 182 valence electrons. The minimum absolute atomic E-state index is 0.0545. The number of halogens is 3. The van der Waals surface area contributed by atoms with Crippen LogP contribution in [-0.2, 0) is 26.2 Å². The number of likely N-dealkylation sites (N-methyl/N-ethyl adjacent to an activating group) is 1. The van der Waals surface area contributed by atoms with Crippen LogP contribution in [0.5, 0.6) is 0 Å². The topological polar surface area (TPSA) is 83.6 Å². The molecule has 1 aliphatic heterocycles. The summed E-state index contributed by atoms with van der Waals surface area (Å²) in [6.07, 6.45) is -3.77. The van der Waals surface area contributed by atoms with Gasteiger partial charge in [-0.05, 0) is 29.7 Å². The number of aromatic nitrogens is 1. The van der Waals surface area contributed by atoms with Gasteiger partial charge in [-0.25, -0.2) is 0 Å². The zero-order chi connectivity index (χ0) is 24.7. The maximum Gasteiger partial charge on any atom is 0.414 e. The molecule has 2 aromatic rings. The van der Waals surface area contributed by atoms with Crippen LogP contribution in [0.2, 0.25) is 0 Å². The molecule has 2 heterocycles. The fraction of sp³-hybridized carbons (Fsp3) is 0.458. The van der Waals surface area contributed by atoms with Crippen molar-refractivity contribution in [3.8, 4) is 0 Å².